The number of carbonyl (C=O) groups excluding carboxylic acids is 2. The summed E-state index contributed by atoms with van der Waals surface area (Å²) >= 11 is 0. The van der Waals surface area contributed by atoms with E-state index in [1.165, 1.54) is 48.5 Å². The number of halogens is 1. The average molecular weight is 458 g/mol. The molecule has 0 saturated carbocycles. The van der Waals surface area contributed by atoms with Gasteiger partial charge < -0.3 is 0 Å². The lowest BCUT2D eigenvalue weighted by atomic mass is 10.2. The van der Waals surface area contributed by atoms with Gasteiger partial charge in [0.05, 0.1) is 9.82 Å². The number of hydrogen-bond acceptors (Lipinski definition) is 6. The van der Waals surface area contributed by atoms with E-state index >= 15 is 0 Å². The van der Waals surface area contributed by atoms with E-state index in [9.17, 15) is 32.5 Å². The SMILES string of the molecule is O=C(NNC(=O)c1ccc(S(=O)(=O)Nc2ccc(F)cc2)cc1)c1ccc([N+](=O)[O-])cc1. The van der Waals surface area contributed by atoms with E-state index in [-0.39, 0.29) is 27.4 Å². The smallest absolute Gasteiger partial charge is 0.269 e. The number of benzene rings is 3. The van der Waals surface area contributed by atoms with Crippen molar-refractivity contribution in [3.63, 3.8) is 0 Å². The number of hydrogen-bond donors (Lipinski definition) is 3. The fourth-order valence-electron chi connectivity index (χ4n) is 2.51. The summed E-state index contributed by atoms with van der Waals surface area (Å²) in [5, 5.41) is 10.6. The molecule has 12 heteroatoms. The number of sulfonamides is 1. The first kappa shape index (κ1) is 22.4. The van der Waals surface area contributed by atoms with Crippen molar-refractivity contribution in [1.29, 1.82) is 0 Å². The topological polar surface area (TPSA) is 148 Å². The molecule has 0 aliphatic rings. The molecule has 10 nitrogen and oxygen atoms in total. The second-order valence-corrected chi connectivity index (χ2v) is 8.03. The highest BCUT2D eigenvalue weighted by Gasteiger charge is 2.16. The highest BCUT2D eigenvalue weighted by atomic mass is 32.2. The molecular formula is C20H15FN4O6S. The highest BCUT2D eigenvalue weighted by molar-refractivity contribution is 7.92. The Hall–Kier alpha value is -4.32. The van der Waals surface area contributed by atoms with Crippen molar-refractivity contribution in [3.05, 3.63) is 99.9 Å². The van der Waals surface area contributed by atoms with Crippen molar-refractivity contribution in [2.24, 2.45) is 0 Å². The first-order valence-electron chi connectivity index (χ1n) is 8.89. The zero-order chi connectivity index (χ0) is 23.3. The maximum absolute atomic E-state index is 13.0. The Morgan fingerprint density at radius 2 is 1.25 bits per heavy atom. The lowest BCUT2D eigenvalue weighted by Gasteiger charge is -2.10. The van der Waals surface area contributed by atoms with Crippen LogP contribution in [0.4, 0.5) is 15.8 Å². The Kier molecular flexibility index (Phi) is 6.45. The minimum Gasteiger partial charge on any atom is -0.280 e. The second kappa shape index (κ2) is 9.22. The molecule has 0 fully saturated rings. The van der Waals surface area contributed by atoms with Crippen LogP contribution in [-0.4, -0.2) is 25.2 Å². The van der Waals surface area contributed by atoms with Gasteiger partial charge in [0.2, 0.25) is 0 Å². The van der Waals surface area contributed by atoms with Gasteiger partial charge >= 0.3 is 0 Å². The number of nitrogens with one attached hydrogen (secondary N) is 3. The third-order valence-electron chi connectivity index (χ3n) is 4.15. The number of amides is 2. The predicted molar refractivity (Wildman–Crippen MR) is 112 cm³/mol. The Morgan fingerprint density at radius 3 is 1.72 bits per heavy atom. The summed E-state index contributed by atoms with van der Waals surface area (Å²) in [7, 11) is -3.96. The summed E-state index contributed by atoms with van der Waals surface area (Å²) in [5.74, 6) is -1.92. The first-order chi connectivity index (χ1) is 15.2. The maximum atomic E-state index is 13.0. The molecular weight excluding hydrogens is 443 g/mol. The molecule has 3 N–H and O–H groups in total. The van der Waals surface area contributed by atoms with Crippen LogP contribution in [0.2, 0.25) is 0 Å². The van der Waals surface area contributed by atoms with E-state index in [0.29, 0.717) is 0 Å². The molecule has 0 aromatic heterocycles. The predicted octanol–water partition coefficient (Wildman–Crippen LogP) is 2.61. The maximum Gasteiger partial charge on any atom is 0.269 e. The molecule has 0 unspecified atom stereocenters. The summed E-state index contributed by atoms with van der Waals surface area (Å²) in [6.07, 6.45) is 0. The van der Waals surface area contributed by atoms with Gasteiger partial charge in [0.25, 0.3) is 27.5 Å². The van der Waals surface area contributed by atoms with Gasteiger partial charge in [-0.25, -0.2) is 12.8 Å². The van der Waals surface area contributed by atoms with Crippen LogP contribution in [-0.2, 0) is 10.0 Å². The summed E-state index contributed by atoms with van der Waals surface area (Å²) in [4.78, 5) is 34.1. The van der Waals surface area contributed by atoms with Crippen LogP contribution < -0.4 is 15.6 Å². The number of nitrogens with zero attached hydrogens (tertiary/aromatic N) is 1. The number of rotatable bonds is 6. The Morgan fingerprint density at radius 1 is 0.781 bits per heavy atom. The molecule has 0 bridgehead atoms. The largest absolute Gasteiger partial charge is 0.280 e. The van der Waals surface area contributed by atoms with Crippen molar-refractivity contribution in [3.8, 4) is 0 Å². The quantitative estimate of drug-likeness (QED) is 0.382. The Balaban J connectivity index is 1.61. The van der Waals surface area contributed by atoms with Crippen molar-refractivity contribution in [1.82, 2.24) is 10.9 Å². The highest BCUT2D eigenvalue weighted by Crippen LogP contribution is 2.17. The van der Waals surface area contributed by atoms with Crippen molar-refractivity contribution < 1.29 is 27.3 Å². The molecule has 0 aliphatic heterocycles. The van der Waals surface area contributed by atoms with Crippen LogP contribution in [0.1, 0.15) is 20.7 Å². The molecule has 3 aromatic rings. The second-order valence-electron chi connectivity index (χ2n) is 6.35. The third-order valence-corrected chi connectivity index (χ3v) is 5.55. The molecule has 0 radical (unpaired) electrons. The summed E-state index contributed by atoms with van der Waals surface area (Å²) in [6, 6.07) is 14.4. The van der Waals surface area contributed by atoms with Gasteiger partial charge in [-0.3, -0.25) is 35.3 Å². The van der Waals surface area contributed by atoms with E-state index in [1.54, 1.807) is 0 Å². The summed E-state index contributed by atoms with van der Waals surface area (Å²) in [5.41, 5.74) is 4.46. The molecule has 3 aromatic carbocycles. The molecule has 0 atom stereocenters. The molecule has 3 rings (SSSR count). The lowest BCUT2D eigenvalue weighted by Crippen LogP contribution is -2.41. The van der Waals surface area contributed by atoms with E-state index in [0.717, 1.165) is 24.3 Å². The van der Waals surface area contributed by atoms with Crippen LogP contribution in [0.25, 0.3) is 0 Å². The van der Waals surface area contributed by atoms with Crippen LogP contribution in [0, 0.1) is 15.9 Å². The molecule has 164 valence electrons. The number of nitro groups is 1. The Labute approximate surface area is 181 Å². The van der Waals surface area contributed by atoms with E-state index in [1.807, 2.05) is 0 Å². The lowest BCUT2D eigenvalue weighted by molar-refractivity contribution is -0.384. The summed E-state index contributed by atoms with van der Waals surface area (Å²) in [6.45, 7) is 0. The van der Waals surface area contributed by atoms with E-state index in [2.05, 4.69) is 15.6 Å². The summed E-state index contributed by atoms with van der Waals surface area (Å²) < 4.78 is 40.0. The van der Waals surface area contributed by atoms with Crippen LogP contribution in [0.3, 0.4) is 0 Å². The molecule has 0 saturated heterocycles. The van der Waals surface area contributed by atoms with Gasteiger partial charge in [-0.2, -0.15) is 0 Å². The van der Waals surface area contributed by atoms with Crippen LogP contribution in [0.15, 0.2) is 77.7 Å². The minimum absolute atomic E-state index is 0.0646. The molecule has 2 amide bonds. The van der Waals surface area contributed by atoms with E-state index < -0.39 is 32.6 Å². The fourth-order valence-corrected chi connectivity index (χ4v) is 3.57. The number of hydrazine groups is 1. The zero-order valence-corrected chi connectivity index (χ0v) is 16.9. The van der Waals surface area contributed by atoms with Gasteiger partial charge in [0, 0.05) is 28.9 Å². The fraction of sp³-hybridized carbons (Fsp3) is 0. The normalized spacial score (nSPS) is 10.8. The van der Waals surface area contributed by atoms with Crippen LogP contribution in [0.5, 0.6) is 0 Å². The van der Waals surface area contributed by atoms with Gasteiger partial charge in [-0.1, -0.05) is 0 Å². The number of non-ortho nitro benzene ring substituents is 1. The van der Waals surface area contributed by atoms with Gasteiger partial charge in [-0.15, -0.1) is 0 Å². The molecule has 0 heterocycles. The van der Waals surface area contributed by atoms with E-state index in [4.69, 9.17) is 0 Å². The first-order valence-corrected chi connectivity index (χ1v) is 10.4. The van der Waals surface area contributed by atoms with Crippen molar-refractivity contribution >= 4 is 33.2 Å². The van der Waals surface area contributed by atoms with Crippen molar-refractivity contribution in [2.45, 2.75) is 4.90 Å². The minimum atomic E-state index is -3.96. The van der Waals surface area contributed by atoms with Gasteiger partial charge in [0.1, 0.15) is 5.82 Å². The number of nitro benzene ring substituents is 1. The standard InChI is InChI=1S/C20H15FN4O6S/c21-15-5-7-16(8-6-15)24-32(30,31)18-11-3-14(4-12-18)20(27)23-22-19(26)13-1-9-17(10-2-13)25(28)29/h1-12,24H,(H,22,26)(H,23,27). The molecule has 32 heavy (non-hydrogen) atoms. The molecule has 0 aliphatic carbocycles. The third kappa shape index (κ3) is 5.43. The number of carbonyl (C=O) groups is 2. The monoisotopic (exact) mass is 458 g/mol. The Bertz CT molecular complexity index is 1260. The molecule has 0 spiro atoms. The van der Waals surface area contributed by atoms with Gasteiger partial charge in [-0.05, 0) is 60.7 Å². The zero-order valence-electron chi connectivity index (χ0n) is 16.1. The number of anilines is 1. The van der Waals surface area contributed by atoms with Crippen LogP contribution >= 0.6 is 0 Å². The van der Waals surface area contributed by atoms with Gasteiger partial charge in [0.15, 0.2) is 0 Å². The average Bonchev–Trinajstić information content (AvgIpc) is 2.78. The van der Waals surface area contributed by atoms with Crippen molar-refractivity contribution in [2.75, 3.05) is 4.72 Å².